The van der Waals surface area contributed by atoms with Crippen LogP contribution in [-0.2, 0) is 11.2 Å². The van der Waals surface area contributed by atoms with Crippen LogP contribution in [0.5, 0.6) is 0 Å². The highest BCUT2D eigenvalue weighted by Crippen LogP contribution is 2.20. The molecular weight excluding hydrogens is 391 g/mol. The molecule has 5 heteroatoms. The van der Waals surface area contributed by atoms with Gasteiger partial charge in [0.2, 0.25) is 5.91 Å². The van der Waals surface area contributed by atoms with Gasteiger partial charge in [0.25, 0.3) is 5.91 Å². The first-order chi connectivity index (χ1) is 15.1. The van der Waals surface area contributed by atoms with Crippen molar-refractivity contribution in [2.75, 3.05) is 13.1 Å². The molecule has 2 amide bonds. The molecule has 1 N–H and O–H groups in total. The van der Waals surface area contributed by atoms with Crippen molar-refractivity contribution in [3.63, 3.8) is 0 Å². The maximum atomic E-state index is 13.9. The van der Waals surface area contributed by atoms with E-state index < -0.39 is 5.82 Å². The Morgan fingerprint density at radius 1 is 0.839 bits per heavy atom. The van der Waals surface area contributed by atoms with E-state index >= 15 is 0 Å². The molecule has 3 aromatic rings. The first kappa shape index (κ1) is 20.8. The van der Waals surface area contributed by atoms with Gasteiger partial charge in [-0.3, -0.25) is 9.59 Å². The smallest absolute Gasteiger partial charge is 0.256 e. The predicted octanol–water partition coefficient (Wildman–Crippen LogP) is 4.46. The summed E-state index contributed by atoms with van der Waals surface area (Å²) in [6.07, 6.45) is 1.65. The number of carbonyl (C=O) groups excluding carboxylic acids is 2. The zero-order chi connectivity index (χ0) is 21.6. The SMILES string of the molecule is O=C(Cc1ccc(-c2ccccc2)cc1)NC1CCN(C(=O)c2ccccc2F)CC1. The van der Waals surface area contributed by atoms with Gasteiger partial charge in [0.15, 0.2) is 0 Å². The fourth-order valence-electron chi connectivity index (χ4n) is 3.94. The normalized spacial score (nSPS) is 14.3. The lowest BCUT2D eigenvalue weighted by Gasteiger charge is -2.32. The zero-order valence-corrected chi connectivity index (χ0v) is 17.3. The van der Waals surface area contributed by atoms with Crippen LogP contribution in [0.2, 0.25) is 0 Å². The minimum Gasteiger partial charge on any atom is -0.353 e. The summed E-state index contributed by atoms with van der Waals surface area (Å²) in [4.78, 5) is 26.7. The Bertz CT molecular complexity index is 1040. The molecule has 0 aromatic heterocycles. The maximum Gasteiger partial charge on any atom is 0.256 e. The van der Waals surface area contributed by atoms with Crippen molar-refractivity contribution in [3.8, 4) is 11.1 Å². The number of hydrogen-bond acceptors (Lipinski definition) is 2. The molecule has 0 unspecified atom stereocenters. The van der Waals surface area contributed by atoms with Crippen molar-refractivity contribution in [2.24, 2.45) is 0 Å². The maximum absolute atomic E-state index is 13.9. The lowest BCUT2D eigenvalue weighted by atomic mass is 10.0. The van der Waals surface area contributed by atoms with E-state index in [1.807, 2.05) is 42.5 Å². The number of amides is 2. The number of nitrogens with zero attached hydrogens (tertiary/aromatic N) is 1. The van der Waals surface area contributed by atoms with Crippen molar-refractivity contribution in [2.45, 2.75) is 25.3 Å². The number of carbonyl (C=O) groups is 2. The third-order valence-electron chi connectivity index (χ3n) is 5.68. The second-order valence-electron chi connectivity index (χ2n) is 7.85. The van der Waals surface area contributed by atoms with Gasteiger partial charge in [-0.15, -0.1) is 0 Å². The molecule has 1 aliphatic rings. The predicted molar refractivity (Wildman–Crippen MR) is 119 cm³/mol. The monoisotopic (exact) mass is 416 g/mol. The average Bonchev–Trinajstić information content (AvgIpc) is 2.80. The van der Waals surface area contributed by atoms with E-state index in [4.69, 9.17) is 0 Å². The molecule has 1 fully saturated rings. The summed E-state index contributed by atoms with van der Waals surface area (Å²) in [5.41, 5.74) is 3.33. The summed E-state index contributed by atoms with van der Waals surface area (Å²) in [7, 11) is 0. The van der Waals surface area contributed by atoms with Crippen LogP contribution in [0.15, 0.2) is 78.9 Å². The van der Waals surface area contributed by atoms with Gasteiger partial charge < -0.3 is 10.2 Å². The number of rotatable bonds is 5. The van der Waals surface area contributed by atoms with Crippen LogP contribution in [0.1, 0.15) is 28.8 Å². The van der Waals surface area contributed by atoms with Gasteiger partial charge in [-0.05, 0) is 41.7 Å². The second-order valence-corrected chi connectivity index (χ2v) is 7.85. The molecule has 3 aromatic carbocycles. The van der Waals surface area contributed by atoms with E-state index in [1.165, 1.54) is 12.1 Å². The quantitative estimate of drug-likeness (QED) is 0.668. The van der Waals surface area contributed by atoms with Crippen LogP contribution in [0.25, 0.3) is 11.1 Å². The molecule has 0 radical (unpaired) electrons. The lowest BCUT2D eigenvalue weighted by Crippen LogP contribution is -2.47. The molecular formula is C26H25FN2O2. The molecule has 4 nitrogen and oxygen atoms in total. The molecule has 158 valence electrons. The molecule has 0 saturated carbocycles. The Balaban J connectivity index is 1.26. The zero-order valence-electron chi connectivity index (χ0n) is 17.3. The molecule has 4 rings (SSSR count). The number of hydrogen-bond donors (Lipinski definition) is 1. The number of piperidine rings is 1. The van der Waals surface area contributed by atoms with Gasteiger partial charge in [-0.1, -0.05) is 66.7 Å². The second kappa shape index (κ2) is 9.56. The molecule has 0 spiro atoms. The molecule has 0 aliphatic carbocycles. The number of likely N-dealkylation sites (tertiary alicyclic amines) is 1. The van der Waals surface area contributed by atoms with E-state index in [0.29, 0.717) is 32.4 Å². The van der Waals surface area contributed by atoms with Crippen LogP contribution in [0.3, 0.4) is 0 Å². The molecule has 1 saturated heterocycles. The fourth-order valence-corrected chi connectivity index (χ4v) is 3.94. The average molecular weight is 416 g/mol. The van der Waals surface area contributed by atoms with Crippen LogP contribution in [0.4, 0.5) is 4.39 Å². The van der Waals surface area contributed by atoms with E-state index in [9.17, 15) is 14.0 Å². The summed E-state index contributed by atoms with van der Waals surface area (Å²) in [6, 6.07) is 24.2. The Hall–Kier alpha value is -3.47. The van der Waals surface area contributed by atoms with E-state index in [2.05, 4.69) is 17.4 Å². The Morgan fingerprint density at radius 2 is 1.45 bits per heavy atom. The summed E-state index contributed by atoms with van der Waals surface area (Å²) in [6.45, 7) is 1.01. The van der Waals surface area contributed by atoms with Gasteiger partial charge in [-0.25, -0.2) is 4.39 Å². The van der Waals surface area contributed by atoms with Crippen LogP contribution in [-0.4, -0.2) is 35.8 Å². The first-order valence-electron chi connectivity index (χ1n) is 10.6. The van der Waals surface area contributed by atoms with Gasteiger partial charge >= 0.3 is 0 Å². The molecule has 1 heterocycles. The summed E-state index contributed by atoms with van der Waals surface area (Å²) >= 11 is 0. The van der Waals surface area contributed by atoms with E-state index in [1.54, 1.807) is 17.0 Å². The Morgan fingerprint density at radius 3 is 2.13 bits per heavy atom. The van der Waals surface area contributed by atoms with Crippen molar-refractivity contribution in [1.82, 2.24) is 10.2 Å². The number of halogens is 1. The Kier molecular flexibility index (Phi) is 6.41. The third kappa shape index (κ3) is 5.18. The topological polar surface area (TPSA) is 49.4 Å². The van der Waals surface area contributed by atoms with Crippen molar-refractivity contribution in [1.29, 1.82) is 0 Å². The lowest BCUT2D eigenvalue weighted by molar-refractivity contribution is -0.121. The number of benzene rings is 3. The van der Waals surface area contributed by atoms with Gasteiger partial charge in [0.1, 0.15) is 5.82 Å². The summed E-state index contributed by atoms with van der Waals surface area (Å²) < 4.78 is 13.9. The van der Waals surface area contributed by atoms with Crippen molar-refractivity contribution < 1.29 is 14.0 Å². The van der Waals surface area contributed by atoms with Gasteiger partial charge in [-0.2, -0.15) is 0 Å². The highest BCUT2D eigenvalue weighted by Gasteiger charge is 2.25. The first-order valence-corrected chi connectivity index (χ1v) is 10.6. The summed E-state index contributed by atoms with van der Waals surface area (Å²) in [5.74, 6) is -0.811. The van der Waals surface area contributed by atoms with Gasteiger partial charge in [0, 0.05) is 19.1 Å². The fraction of sp³-hybridized carbons (Fsp3) is 0.231. The molecule has 0 atom stereocenters. The molecule has 31 heavy (non-hydrogen) atoms. The highest BCUT2D eigenvalue weighted by atomic mass is 19.1. The number of nitrogens with one attached hydrogen (secondary N) is 1. The third-order valence-corrected chi connectivity index (χ3v) is 5.68. The minimum absolute atomic E-state index is 0.0219. The molecule has 1 aliphatic heterocycles. The van der Waals surface area contributed by atoms with Crippen LogP contribution < -0.4 is 5.32 Å². The molecule has 0 bridgehead atoms. The van der Waals surface area contributed by atoms with Crippen molar-refractivity contribution in [3.05, 3.63) is 95.8 Å². The largest absolute Gasteiger partial charge is 0.353 e. The standard InChI is InChI=1S/C26H25FN2O2/c27-24-9-5-4-8-23(24)26(31)29-16-14-22(15-17-29)28-25(30)18-19-10-12-21(13-11-19)20-6-2-1-3-7-20/h1-13,22H,14-18H2,(H,28,30). The summed E-state index contributed by atoms with van der Waals surface area (Å²) in [5, 5.41) is 3.07. The van der Waals surface area contributed by atoms with Crippen LogP contribution in [0, 0.1) is 5.82 Å². The Labute approximate surface area is 181 Å². The van der Waals surface area contributed by atoms with Crippen LogP contribution >= 0.6 is 0 Å². The van der Waals surface area contributed by atoms with E-state index in [-0.39, 0.29) is 23.4 Å². The van der Waals surface area contributed by atoms with Gasteiger partial charge in [0.05, 0.1) is 12.0 Å². The highest BCUT2D eigenvalue weighted by molar-refractivity contribution is 5.94. The minimum atomic E-state index is -0.499. The van der Waals surface area contributed by atoms with Crippen molar-refractivity contribution >= 4 is 11.8 Å². The van der Waals surface area contributed by atoms with E-state index in [0.717, 1.165) is 16.7 Å².